The molecule has 194 valence electrons. The molecule has 0 spiro atoms. The van der Waals surface area contributed by atoms with Crippen LogP contribution in [0.3, 0.4) is 0 Å². The Morgan fingerprint density at radius 1 is 0.842 bits per heavy atom. The molecule has 1 amide bonds. The van der Waals surface area contributed by atoms with Crippen molar-refractivity contribution in [3.8, 4) is 11.1 Å². The maximum absolute atomic E-state index is 13.2. The number of hydrogen-bond donors (Lipinski definition) is 2. The Morgan fingerprint density at radius 3 is 2.39 bits per heavy atom. The summed E-state index contributed by atoms with van der Waals surface area (Å²) in [7, 11) is 0. The summed E-state index contributed by atoms with van der Waals surface area (Å²) in [6, 6.07) is 10.5. The molecule has 10 heteroatoms. The number of aromatic nitrogens is 4. The highest BCUT2D eigenvalue weighted by molar-refractivity contribution is 6.06. The monoisotopic (exact) mass is 511 g/mol. The molecule has 0 radical (unpaired) electrons. The van der Waals surface area contributed by atoms with E-state index in [2.05, 4.69) is 36.2 Å². The predicted molar refractivity (Wildman–Crippen MR) is 146 cm³/mol. The lowest BCUT2D eigenvalue weighted by Crippen LogP contribution is -2.30. The summed E-state index contributed by atoms with van der Waals surface area (Å²) in [5.41, 5.74) is 3.56. The largest absolute Gasteiger partial charge is 0.476 e. The van der Waals surface area contributed by atoms with Crippen molar-refractivity contribution in [2.75, 3.05) is 41.3 Å². The molecule has 0 bridgehead atoms. The second kappa shape index (κ2) is 10.1. The van der Waals surface area contributed by atoms with E-state index in [0.717, 1.165) is 66.3 Å². The van der Waals surface area contributed by atoms with Crippen LogP contribution in [-0.2, 0) is 0 Å². The minimum absolute atomic E-state index is 0.176. The summed E-state index contributed by atoms with van der Waals surface area (Å²) in [5.74, 6) is -0.382. The summed E-state index contributed by atoms with van der Waals surface area (Å²) < 4.78 is 1.11. The molecule has 3 aromatic heterocycles. The molecule has 0 aliphatic carbocycles. The van der Waals surface area contributed by atoms with Crippen molar-refractivity contribution in [2.45, 2.75) is 32.1 Å². The molecule has 0 unspecified atom stereocenters. The third kappa shape index (κ3) is 4.65. The van der Waals surface area contributed by atoms with Crippen LogP contribution in [0, 0.1) is 0 Å². The van der Waals surface area contributed by atoms with Crippen LogP contribution in [0.4, 0.5) is 22.0 Å². The number of benzene rings is 1. The standard InChI is InChI=1S/C28H29N7O3/c36-27(37)26-23-15-19(20-14-22(18-29-17-20)33-10-4-5-11-33)6-7-24(23)35(32-26)28(38)31-21-8-9-30-25(16-21)34-12-2-1-3-13-34/h6-9,14-18H,1-5,10-13H2,(H,36,37)(H,30,31,38). The number of rotatable bonds is 5. The average molecular weight is 512 g/mol. The number of aromatic carboxylic acids is 1. The number of carbonyl (C=O) groups is 2. The highest BCUT2D eigenvalue weighted by atomic mass is 16.4. The zero-order valence-corrected chi connectivity index (χ0v) is 21.0. The fourth-order valence-corrected chi connectivity index (χ4v) is 5.31. The van der Waals surface area contributed by atoms with Crippen molar-refractivity contribution in [3.63, 3.8) is 0 Å². The molecule has 2 N–H and O–H groups in total. The van der Waals surface area contributed by atoms with Crippen molar-refractivity contribution in [3.05, 3.63) is 60.7 Å². The Balaban J connectivity index is 1.30. The molecule has 5 heterocycles. The van der Waals surface area contributed by atoms with Gasteiger partial charge in [0.15, 0.2) is 5.69 Å². The molecule has 4 aromatic rings. The van der Waals surface area contributed by atoms with E-state index < -0.39 is 12.0 Å². The first kappa shape index (κ1) is 23.9. The summed E-state index contributed by atoms with van der Waals surface area (Å²) in [5, 5.41) is 17.3. The Labute approximate surface area is 219 Å². The molecule has 6 rings (SSSR count). The Hall–Kier alpha value is -4.47. The summed E-state index contributed by atoms with van der Waals surface area (Å²) in [4.78, 5) is 38.7. The van der Waals surface area contributed by atoms with Gasteiger partial charge in [0.2, 0.25) is 0 Å². The van der Waals surface area contributed by atoms with Gasteiger partial charge in [-0.3, -0.25) is 4.98 Å². The minimum Gasteiger partial charge on any atom is -0.476 e. The van der Waals surface area contributed by atoms with E-state index in [0.29, 0.717) is 16.6 Å². The summed E-state index contributed by atoms with van der Waals surface area (Å²) in [6.45, 7) is 3.89. The van der Waals surface area contributed by atoms with E-state index in [-0.39, 0.29) is 5.69 Å². The SMILES string of the molecule is O=C(O)c1nn(C(=O)Nc2ccnc(N3CCCCC3)c2)c2ccc(-c3cncc(N4CCCC4)c3)cc12. The van der Waals surface area contributed by atoms with Gasteiger partial charge in [-0.2, -0.15) is 9.78 Å². The van der Waals surface area contributed by atoms with Gasteiger partial charge in [-0.1, -0.05) is 6.07 Å². The molecule has 10 nitrogen and oxygen atoms in total. The molecule has 0 saturated carbocycles. The molecule has 0 atom stereocenters. The number of carbonyl (C=O) groups excluding carboxylic acids is 1. The van der Waals surface area contributed by atoms with Crippen molar-refractivity contribution in [1.29, 1.82) is 0 Å². The number of carboxylic acids is 1. The number of piperidine rings is 1. The molecular formula is C28H29N7O3. The number of carboxylic acid groups (broad SMARTS) is 1. The maximum atomic E-state index is 13.2. The summed E-state index contributed by atoms with van der Waals surface area (Å²) in [6.07, 6.45) is 11.1. The fourth-order valence-electron chi connectivity index (χ4n) is 5.31. The van der Waals surface area contributed by atoms with Crippen LogP contribution < -0.4 is 15.1 Å². The van der Waals surface area contributed by atoms with Crippen molar-refractivity contribution in [1.82, 2.24) is 19.7 Å². The van der Waals surface area contributed by atoms with Crippen LogP contribution in [-0.4, -0.2) is 63.0 Å². The first-order valence-corrected chi connectivity index (χ1v) is 13.1. The number of fused-ring (bicyclic) bond motifs is 1. The van der Waals surface area contributed by atoms with Crippen LogP contribution in [0.25, 0.3) is 22.0 Å². The van der Waals surface area contributed by atoms with E-state index in [1.165, 1.54) is 19.3 Å². The second-order valence-corrected chi connectivity index (χ2v) is 9.80. The lowest BCUT2D eigenvalue weighted by Gasteiger charge is -2.27. The Morgan fingerprint density at radius 2 is 1.61 bits per heavy atom. The Bertz CT molecular complexity index is 1500. The Kier molecular flexibility index (Phi) is 6.36. The fraction of sp³-hybridized carbons (Fsp3) is 0.321. The number of anilines is 3. The topological polar surface area (TPSA) is 116 Å². The van der Waals surface area contributed by atoms with Gasteiger partial charge >= 0.3 is 12.0 Å². The first-order chi connectivity index (χ1) is 18.6. The smallest absolute Gasteiger partial charge is 0.357 e. The quantitative estimate of drug-likeness (QED) is 0.390. The molecule has 2 fully saturated rings. The number of pyridine rings is 2. The highest BCUT2D eigenvalue weighted by Gasteiger charge is 2.22. The van der Waals surface area contributed by atoms with Crippen LogP contribution in [0.5, 0.6) is 0 Å². The normalized spacial score (nSPS) is 15.7. The third-order valence-corrected chi connectivity index (χ3v) is 7.28. The van der Waals surface area contributed by atoms with Crippen molar-refractivity contribution < 1.29 is 14.7 Å². The lowest BCUT2D eigenvalue weighted by molar-refractivity contribution is 0.0692. The summed E-state index contributed by atoms with van der Waals surface area (Å²) >= 11 is 0. The van der Waals surface area contributed by atoms with Crippen LogP contribution in [0.1, 0.15) is 42.6 Å². The zero-order valence-electron chi connectivity index (χ0n) is 21.0. The van der Waals surface area contributed by atoms with Gasteiger partial charge in [0.25, 0.3) is 0 Å². The molecular weight excluding hydrogens is 482 g/mol. The number of amides is 1. The van der Waals surface area contributed by atoms with E-state index >= 15 is 0 Å². The molecule has 1 aromatic carbocycles. The van der Waals surface area contributed by atoms with Crippen LogP contribution in [0.15, 0.2) is 55.0 Å². The van der Waals surface area contributed by atoms with Gasteiger partial charge in [0, 0.05) is 61.3 Å². The van der Waals surface area contributed by atoms with Crippen LogP contribution >= 0.6 is 0 Å². The van der Waals surface area contributed by atoms with Crippen molar-refractivity contribution in [2.24, 2.45) is 0 Å². The van der Waals surface area contributed by atoms with Gasteiger partial charge in [0.05, 0.1) is 17.4 Å². The number of nitrogens with one attached hydrogen (secondary N) is 1. The molecule has 38 heavy (non-hydrogen) atoms. The van der Waals surface area contributed by atoms with Crippen molar-refractivity contribution >= 4 is 40.1 Å². The highest BCUT2D eigenvalue weighted by Crippen LogP contribution is 2.30. The molecule has 2 saturated heterocycles. The van der Waals surface area contributed by atoms with Gasteiger partial charge < -0.3 is 20.2 Å². The molecule has 2 aliphatic rings. The van der Waals surface area contributed by atoms with E-state index in [9.17, 15) is 14.7 Å². The van der Waals surface area contributed by atoms with Gasteiger partial charge in [-0.15, -0.1) is 0 Å². The van der Waals surface area contributed by atoms with Gasteiger partial charge in [-0.25, -0.2) is 14.6 Å². The predicted octanol–water partition coefficient (Wildman–Crippen LogP) is 4.86. The minimum atomic E-state index is -1.20. The lowest BCUT2D eigenvalue weighted by atomic mass is 10.0. The average Bonchev–Trinajstić information content (AvgIpc) is 3.62. The van der Waals surface area contributed by atoms with E-state index in [1.54, 1.807) is 30.6 Å². The van der Waals surface area contributed by atoms with E-state index in [4.69, 9.17) is 0 Å². The number of nitrogens with zero attached hydrogens (tertiary/aromatic N) is 6. The van der Waals surface area contributed by atoms with Crippen LogP contribution in [0.2, 0.25) is 0 Å². The van der Waals surface area contributed by atoms with Gasteiger partial charge in [-0.05, 0) is 61.9 Å². The second-order valence-electron chi connectivity index (χ2n) is 9.80. The first-order valence-electron chi connectivity index (χ1n) is 13.1. The van der Waals surface area contributed by atoms with E-state index in [1.807, 2.05) is 18.3 Å². The molecule has 2 aliphatic heterocycles. The van der Waals surface area contributed by atoms with Gasteiger partial charge in [0.1, 0.15) is 5.82 Å². The zero-order chi connectivity index (χ0) is 26.1. The third-order valence-electron chi connectivity index (χ3n) is 7.28. The number of hydrogen-bond acceptors (Lipinski definition) is 7. The maximum Gasteiger partial charge on any atom is 0.357 e.